The summed E-state index contributed by atoms with van der Waals surface area (Å²) in [6.45, 7) is 144. The molecule has 16 unspecified atom stereocenters. The Hall–Kier alpha value is 0. The van der Waals surface area contributed by atoms with Crippen LogP contribution in [0.5, 0.6) is 0 Å². The van der Waals surface area contributed by atoms with Crippen molar-refractivity contribution in [3.05, 3.63) is 0 Å². The average Bonchev–Trinajstić information content (AvgIpc) is 1.12. The van der Waals surface area contributed by atoms with E-state index in [2.05, 4.69) is 415 Å². The number of rotatable bonds is 0. The van der Waals surface area contributed by atoms with Crippen molar-refractivity contribution in [2.45, 2.75) is 659 Å². The third-order valence-corrected chi connectivity index (χ3v) is 40.3. The first-order valence-electron chi connectivity index (χ1n) is 61.2. The zero-order valence-corrected chi connectivity index (χ0v) is 108. The van der Waals surface area contributed by atoms with Gasteiger partial charge >= 0.3 is 0 Å². The van der Waals surface area contributed by atoms with E-state index >= 15 is 0 Å². The van der Waals surface area contributed by atoms with Crippen LogP contribution >= 0.6 is 0 Å². The molecule has 0 amide bonds. The second-order valence-corrected chi connectivity index (χ2v) is 72.0. The highest BCUT2D eigenvalue weighted by atomic mass is 14.5. The number of hydrogen-bond acceptors (Lipinski definition) is 0. The minimum atomic E-state index is 0.488. The molecule has 10 aliphatic rings. The fraction of sp³-hybridized carbons (Fsp3) is 1.00. The van der Waals surface area contributed by atoms with Crippen LogP contribution in [-0.4, -0.2) is 0 Å². The summed E-state index contributed by atoms with van der Waals surface area (Å²) in [5.41, 5.74) is 10.3. The Morgan fingerprint density at radius 1 is 0.0797 bits per heavy atom. The van der Waals surface area contributed by atoms with Crippen molar-refractivity contribution in [3.63, 3.8) is 0 Å². The Balaban J connectivity index is 0.000000767. The van der Waals surface area contributed by atoms with E-state index in [1.165, 1.54) is 244 Å². The van der Waals surface area contributed by atoms with Crippen LogP contribution in [0, 0.1) is 227 Å². The lowest BCUT2D eigenvalue weighted by Gasteiger charge is -2.51. The van der Waals surface area contributed by atoms with Gasteiger partial charge in [0.15, 0.2) is 0 Å². The molecule has 0 N–H and O–H groups in total. The second-order valence-electron chi connectivity index (χ2n) is 72.0. The minimum absolute atomic E-state index is 0.488. The van der Waals surface area contributed by atoms with E-state index in [4.69, 9.17) is 0 Å². The van der Waals surface area contributed by atoms with Gasteiger partial charge in [-0.3, -0.25) is 0 Å². The Bertz CT molecular complexity index is 2970. The summed E-state index contributed by atoms with van der Waals surface area (Å²) in [5.74, 6) is 18.9. The summed E-state index contributed by atoms with van der Waals surface area (Å²) >= 11 is 0. The van der Waals surface area contributed by atoms with Gasteiger partial charge in [-0.25, -0.2) is 0 Å². The van der Waals surface area contributed by atoms with Gasteiger partial charge in [0.25, 0.3) is 0 Å². The van der Waals surface area contributed by atoms with Gasteiger partial charge in [-0.05, 0) is 400 Å². The number of hydrogen-bond donors (Lipinski definition) is 0. The molecular formula is C138H276. The summed E-state index contributed by atoms with van der Waals surface area (Å²) in [7, 11) is 0. The molecule has 10 saturated carbocycles. The molecular weight excluding hydrogens is 1660 g/mol. The highest BCUT2D eigenvalue weighted by molar-refractivity contribution is 4.99. The Kier molecular flexibility index (Phi) is 52.5. The molecule has 0 bridgehead atoms. The van der Waals surface area contributed by atoms with E-state index in [-0.39, 0.29) is 0 Å². The van der Waals surface area contributed by atoms with Crippen LogP contribution in [0.4, 0.5) is 0 Å². The summed E-state index contributed by atoms with van der Waals surface area (Å²) in [6.07, 6.45) is 55.2. The van der Waals surface area contributed by atoms with E-state index in [0.717, 1.165) is 118 Å². The van der Waals surface area contributed by atoms with Crippen molar-refractivity contribution in [2.24, 2.45) is 227 Å². The standard InChI is InChI=1S/C16H32.2C15H30.3C14H28.2C13H26.2C12H24/c1-15(2,3)13-10-8-7-9-11-14(12-13)16(4,5)6;1-14(2,3)12-8-7-9-13(11-10-12)15(4,5)6;1-14(2,3)12-10-8-7-9-11-13(12)15(4,5)6;1-13(2,3)11-7-9-12(10-8-11)14(4,5)6;1-13(2,3)11-8-7-9-12(10-11)14(4,5)6;1-13(2,3)11-9-7-8-10-12(11)14(4,5)6;1-12(2,3)10-7-8-11(9-10)13(4,5)6;1-12(2,3)10-8-7-9-11(10)13(4,5)6;1-11(2,3)9-7-10(8-9)12(4,5)6;1-11(2,3)9-7-8-10(9)12(4,5)6/h13-14H,7-12H2,1-6H3;2*12-13H,7-11H2,1-6H3;3*11-12H,7-10H2,1-6H3;2*10-11H,7-9H2,1-6H3;2*9-10H,7-8H2,1-6H3. The molecule has 0 heteroatoms. The second kappa shape index (κ2) is 53.3. The van der Waals surface area contributed by atoms with E-state index in [1.54, 1.807) is 0 Å². The van der Waals surface area contributed by atoms with Crippen LogP contribution in [-0.2, 0) is 0 Å². The third kappa shape index (κ3) is 50.3. The van der Waals surface area contributed by atoms with E-state index in [9.17, 15) is 0 Å². The molecule has 10 rings (SSSR count). The van der Waals surface area contributed by atoms with Crippen LogP contribution in [0.3, 0.4) is 0 Å². The molecule has 828 valence electrons. The van der Waals surface area contributed by atoms with Gasteiger partial charge in [0.05, 0.1) is 0 Å². The summed E-state index contributed by atoms with van der Waals surface area (Å²) < 4.78 is 0. The van der Waals surface area contributed by atoms with Gasteiger partial charge in [-0.2, -0.15) is 0 Å². The summed E-state index contributed by atoms with van der Waals surface area (Å²) in [4.78, 5) is 0. The van der Waals surface area contributed by atoms with Crippen molar-refractivity contribution in [3.8, 4) is 0 Å². The fourth-order valence-corrected chi connectivity index (χ4v) is 28.5. The van der Waals surface area contributed by atoms with Crippen molar-refractivity contribution in [2.75, 3.05) is 0 Å². The first-order valence-corrected chi connectivity index (χ1v) is 61.2. The van der Waals surface area contributed by atoms with Gasteiger partial charge in [-0.15, -0.1) is 0 Å². The van der Waals surface area contributed by atoms with Crippen LogP contribution in [0.1, 0.15) is 659 Å². The lowest BCUT2D eigenvalue weighted by atomic mass is 9.54. The van der Waals surface area contributed by atoms with Crippen molar-refractivity contribution < 1.29 is 0 Å². The molecule has 0 radical (unpaired) electrons. The van der Waals surface area contributed by atoms with Crippen LogP contribution in [0.15, 0.2) is 0 Å². The molecule has 10 fully saturated rings. The molecule has 0 aromatic rings. The highest BCUT2D eigenvalue weighted by Crippen LogP contribution is 2.59. The maximum Gasteiger partial charge on any atom is -0.0332 e. The predicted molar refractivity (Wildman–Crippen MR) is 634 cm³/mol. The maximum atomic E-state index is 2.43. The van der Waals surface area contributed by atoms with Crippen LogP contribution in [0.2, 0.25) is 0 Å². The average molecular weight is 1940 g/mol. The SMILES string of the molecule is CC(C)(C)C1CC(C(C)(C)C)C1.CC(C)(C)C1CCC(C(C)(C)C)C1.CC(C)(C)C1CCC(C(C)(C)C)CC1.CC(C)(C)C1CCC1C(C)(C)C.CC(C)(C)C1CCCC(C(C)(C)C)C1.CC(C)(C)C1CCCC(C(C)(C)C)CC1.CC(C)(C)C1CCCC1C(C)(C)C.CC(C)(C)C1CCCCC1C(C)(C)C.CC(C)(C)C1CCCCCC(C(C)(C)C)C1.CC(C)(C)C1CCCCCC1C(C)(C)C. The van der Waals surface area contributed by atoms with Gasteiger partial charge in [0, 0.05) is 0 Å². The smallest absolute Gasteiger partial charge is 0.0332 e. The first kappa shape index (κ1) is 136. The summed E-state index contributed by atoms with van der Waals surface area (Å²) in [5, 5.41) is 0. The quantitative estimate of drug-likeness (QED) is 0.212. The zero-order valence-electron chi connectivity index (χ0n) is 108. The molecule has 0 saturated heterocycles. The molecule has 0 nitrogen and oxygen atoms in total. The monoisotopic (exact) mass is 1930 g/mol. The molecule has 10 aliphatic carbocycles. The Labute approximate surface area is 880 Å². The van der Waals surface area contributed by atoms with Crippen LogP contribution < -0.4 is 0 Å². The Morgan fingerprint density at radius 2 is 0.181 bits per heavy atom. The maximum absolute atomic E-state index is 2.43. The molecule has 0 aromatic carbocycles. The van der Waals surface area contributed by atoms with Crippen molar-refractivity contribution in [1.29, 1.82) is 0 Å². The third-order valence-electron chi connectivity index (χ3n) is 40.3. The zero-order chi connectivity index (χ0) is 108. The van der Waals surface area contributed by atoms with Crippen LogP contribution in [0.25, 0.3) is 0 Å². The van der Waals surface area contributed by atoms with Gasteiger partial charge in [-0.1, -0.05) is 486 Å². The van der Waals surface area contributed by atoms with Gasteiger partial charge < -0.3 is 0 Å². The van der Waals surface area contributed by atoms with E-state index in [1.807, 2.05) is 0 Å². The van der Waals surface area contributed by atoms with Crippen molar-refractivity contribution in [1.82, 2.24) is 0 Å². The molecule has 16 atom stereocenters. The minimum Gasteiger partial charge on any atom is -0.0599 e. The van der Waals surface area contributed by atoms with Crippen molar-refractivity contribution >= 4 is 0 Å². The highest BCUT2D eigenvalue weighted by Gasteiger charge is 2.49. The Morgan fingerprint density at radius 3 is 0.333 bits per heavy atom. The predicted octanol–water partition coefficient (Wildman–Crippen LogP) is 48.1. The fourth-order valence-electron chi connectivity index (χ4n) is 28.5. The summed E-state index contributed by atoms with van der Waals surface area (Å²) in [6, 6.07) is 0. The molecule has 0 aliphatic heterocycles. The van der Waals surface area contributed by atoms with E-state index < -0.39 is 0 Å². The largest absolute Gasteiger partial charge is 0.0599 e. The van der Waals surface area contributed by atoms with E-state index in [0.29, 0.717) is 108 Å². The first-order chi connectivity index (χ1) is 61.2. The topological polar surface area (TPSA) is 0 Å². The molecule has 0 aromatic heterocycles. The van der Waals surface area contributed by atoms with Gasteiger partial charge in [0.1, 0.15) is 0 Å². The molecule has 138 heavy (non-hydrogen) atoms. The lowest BCUT2D eigenvalue weighted by Crippen LogP contribution is -2.43. The normalized spacial score (nSPS) is 30.5. The molecule has 0 spiro atoms. The lowest BCUT2D eigenvalue weighted by molar-refractivity contribution is -0.0163. The van der Waals surface area contributed by atoms with Gasteiger partial charge in [0.2, 0.25) is 0 Å². The molecule has 0 heterocycles.